The molecule has 0 aliphatic rings. The zero-order chi connectivity index (χ0) is 13.5. The summed E-state index contributed by atoms with van der Waals surface area (Å²) in [6.45, 7) is 9.91. The van der Waals surface area contributed by atoms with E-state index < -0.39 is 8.38 Å². The minimum atomic E-state index is -0.721. The first-order chi connectivity index (χ1) is 8.85. The van der Waals surface area contributed by atoms with Gasteiger partial charge in [-0.05, 0) is 12.8 Å². The highest BCUT2D eigenvalue weighted by atomic mass is 31.2. The maximum absolute atomic E-state index is 5.81. The number of rotatable bonds is 14. The third-order valence-corrected chi connectivity index (χ3v) is 4.24. The fourth-order valence-corrected chi connectivity index (χ4v) is 2.80. The molecule has 0 unspecified atom stereocenters. The molecule has 0 amide bonds. The highest BCUT2D eigenvalue weighted by Gasteiger charge is 2.07. The molecule has 0 aliphatic carbocycles. The van der Waals surface area contributed by atoms with Crippen LogP contribution in [-0.4, -0.2) is 19.4 Å². The SMILES string of the molecule is C=CCP(OCCCCCC)OCCCCCC. The molecular weight excluding hydrogens is 243 g/mol. The van der Waals surface area contributed by atoms with Crippen molar-refractivity contribution in [3.8, 4) is 0 Å². The quantitative estimate of drug-likeness (QED) is 0.230. The first kappa shape index (κ1) is 18.1. The molecule has 0 N–H and O–H groups in total. The largest absolute Gasteiger partial charge is 0.334 e. The summed E-state index contributed by atoms with van der Waals surface area (Å²) < 4.78 is 11.6. The Labute approximate surface area is 115 Å². The molecule has 3 heteroatoms. The van der Waals surface area contributed by atoms with Gasteiger partial charge in [-0.15, -0.1) is 6.58 Å². The van der Waals surface area contributed by atoms with Gasteiger partial charge >= 0.3 is 0 Å². The van der Waals surface area contributed by atoms with Crippen molar-refractivity contribution in [3.05, 3.63) is 12.7 Å². The maximum atomic E-state index is 5.81. The Morgan fingerprint density at radius 2 is 1.33 bits per heavy atom. The number of allylic oxidation sites excluding steroid dienone is 1. The van der Waals surface area contributed by atoms with E-state index in [1.165, 1.54) is 38.5 Å². The predicted octanol–water partition coefficient (Wildman–Crippen LogP) is 5.68. The van der Waals surface area contributed by atoms with Crippen molar-refractivity contribution in [3.63, 3.8) is 0 Å². The molecule has 0 rings (SSSR count). The second-order valence-corrected chi connectivity index (χ2v) is 6.14. The van der Waals surface area contributed by atoms with E-state index >= 15 is 0 Å². The maximum Gasteiger partial charge on any atom is 0.174 e. The number of hydrogen-bond acceptors (Lipinski definition) is 2. The van der Waals surface area contributed by atoms with Gasteiger partial charge in [-0.1, -0.05) is 58.4 Å². The van der Waals surface area contributed by atoms with Crippen LogP contribution in [0.1, 0.15) is 65.2 Å². The topological polar surface area (TPSA) is 18.5 Å². The molecule has 0 saturated heterocycles. The van der Waals surface area contributed by atoms with Crippen LogP contribution in [0.3, 0.4) is 0 Å². The highest BCUT2D eigenvalue weighted by molar-refractivity contribution is 7.47. The van der Waals surface area contributed by atoms with Crippen LogP contribution in [0.2, 0.25) is 0 Å². The van der Waals surface area contributed by atoms with Crippen molar-refractivity contribution in [1.82, 2.24) is 0 Å². The lowest BCUT2D eigenvalue weighted by Gasteiger charge is -2.16. The zero-order valence-corrected chi connectivity index (χ0v) is 13.2. The second-order valence-electron chi connectivity index (χ2n) is 4.59. The first-order valence-electron chi connectivity index (χ1n) is 7.49. The zero-order valence-electron chi connectivity index (χ0n) is 12.3. The lowest BCUT2D eigenvalue weighted by atomic mass is 10.2. The molecule has 108 valence electrons. The molecule has 0 aromatic heterocycles. The first-order valence-corrected chi connectivity index (χ1v) is 8.85. The monoisotopic (exact) mass is 274 g/mol. The Kier molecular flexibility index (Phi) is 15.2. The van der Waals surface area contributed by atoms with Crippen LogP contribution in [0.5, 0.6) is 0 Å². The van der Waals surface area contributed by atoms with E-state index in [1.807, 2.05) is 6.08 Å². The molecule has 18 heavy (non-hydrogen) atoms. The molecular formula is C15H31O2P. The van der Waals surface area contributed by atoms with Crippen LogP contribution >= 0.6 is 8.38 Å². The predicted molar refractivity (Wildman–Crippen MR) is 82.2 cm³/mol. The minimum Gasteiger partial charge on any atom is -0.334 e. The lowest BCUT2D eigenvalue weighted by molar-refractivity contribution is 0.242. The fraction of sp³-hybridized carbons (Fsp3) is 0.867. The van der Waals surface area contributed by atoms with Crippen LogP contribution in [0.15, 0.2) is 12.7 Å². The minimum absolute atomic E-state index is 0.721. The van der Waals surface area contributed by atoms with Crippen molar-refractivity contribution in [2.24, 2.45) is 0 Å². The lowest BCUT2D eigenvalue weighted by Crippen LogP contribution is -1.98. The summed E-state index contributed by atoms with van der Waals surface area (Å²) in [5, 5.41) is 0. The van der Waals surface area contributed by atoms with E-state index in [2.05, 4.69) is 20.4 Å². The van der Waals surface area contributed by atoms with Gasteiger partial charge in [-0.25, -0.2) is 0 Å². The van der Waals surface area contributed by atoms with Crippen molar-refractivity contribution in [2.45, 2.75) is 65.2 Å². The molecule has 0 atom stereocenters. The van der Waals surface area contributed by atoms with Gasteiger partial charge in [0.1, 0.15) is 0 Å². The third kappa shape index (κ3) is 12.5. The number of hydrogen-bond donors (Lipinski definition) is 0. The van der Waals surface area contributed by atoms with Gasteiger partial charge in [0.2, 0.25) is 0 Å². The smallest absolute Gasteiger partial charge is 0.174 e. The summed E-state index contributed by atoms with van der Waals surface area (Å²) in [6.07, 6.45) is 12.8. The van der Waals surface area contributed by atoms with E-state index in [4.69, 9.17) is 9.05 Å². The molecule has 2 nitrogen and oxygen atoms in total. The van der Waals surface area contributed by atoms with Crippen molar-refractivity contribution >= 4 is 8.38 Å². The van der Waals surface area contributed by atoms with Gasteiger partial charge in [0.15, 0.2) is 8.38 Å². The Hall–Kier alpha value is 0.0900. The summed E-state index contributed by atoms with van der Waals surface area (Å²) in [7, 11) is -0.721. The molecule has 0 bridgehead atoms. The van der Waals surface area contributed by atoms with Crippen LogP contribution in [-0.2, 0) is 9.05 Å². The Morgan fingerprint density at radius 3 is 1.72 bits per heavy atom. The van der Waals surface area contributed by atoms with Crippen LogP contribution in [0.4, 0.5) is 0 Å². The van der Waals surface area contributed by atoms with Crippen molar-refractivity contribution in [1.29, 1.82) is 0 Å². The Morgan fingerprint density at radius 1 is 0.833 bits per heavy atom. The van der Waals surface area contributed by atoms with E-state index in [1.54, 1.807) is 0 Å². The molecule has 0 aliphatic heterocycles. The molecule has 0 fully saturated rings. The standard InChI is InChI=1S/C15H31O2P/c1-4-7-9-11-13-16-18(15-6-3)17-14-12-10-8-5-2/h6H,3-5,7-15H2,1-2H3. The molecule has 0 spiro atoms. The Balaban J connectivity index is 3.48. The summed E-state index contributed by atoms with van der Waals surface area (Å²) >= 11 is 0. The fourth-order valence-electron chi connectivity index (χ4n) is 1.64. The molecule has 0 aromatic rings. The van der Waals surface area contributed by atoms with Crippen LogP contribution in [0, 0.1) is 0 Å². The van der Waals surface area contributed by atoms with Crippen LogP contribution < -0.4 is 0 Å². The van der Waals surface area contributed by atoms with Gasteiger partial charge < -0.3 is 9.05 Å². The van der Waals surface area contributed by atoms with E-state index in [0.29, 0.717) is 0 Å². The van der Waals surface area contributed by atoms with Gasteiger partial charge in [0.25, 0.3) is 0 Å². The second kappa shape index (κ2) is 15.1. The average molecular weight is 274 g/mol. The Bertz CT molecular complexity index is 160. The number of unbranched alkanes of at least 4 members (excludes halogenated alkanes) is 6. The van der Waals surface area contributed by atoms with Gasteiger partial charge in [0.05, 0.1) is 13.2 Å². The summed E-state index contributed by atoms with van der Waals surface area (Å²) in [5.74, 6) is 0. The van der Waals surface area contributed by atoms with E-state index in [9.17, 15) is 0 Å². The molecule has 0 heterocycles. The van der Waals surface area contributed by atoms with Crippen molar-refractivity contribution in [2.75, 3.05) is 19.4 Å². The molecule has 0 aromatic carbocycles. The summed E-state index contributed by atoms with van der Waals surface area (Å²) in [6, 6.07) is 0. The summed E-state index contributed by atoms with van der Waals surface area (Å²) in [5.41, 5.74) is 0. The van der Waals surface area contributed by atoms with E-state index in [-0.39, 0.29) is 0 Å². The average Bonchev–Trinajstić information content (AvgIpc) is 2.38. The summed E-state index contributed by atoms with van der Waals surface area (Å²) in [4.78, 5) is 0. The van der Waals surface area contributed by atoms with E-state index in [0.717, 1.165) is 32.2 Å². The van der Waals surface area contributed by atoms with Gasteiger partial charge in [-0.3, -0.25) is 0 Å². The highest BCUT2D eigenvalue weighted by Crippen LogP contribution is 2.38. The van der Waals surface area contributed by atoms with Gasteiger partial charge in [0, 0.05) is 6.16 Å². The van der Waals surface area contributed by atoms with Crippen molar-refractivity contribution < 1.29 is 9.05 Å². The molecule has 0 saturated carbocycles. The van der Waals surface area contributed by atoms with Gasteiger partial charge in [-0.2, -0.15) is 0 Å². The van der Waals surface area contributed by atoms with Crippen LogP contribution in [0.25, 0.3) is 0 Å². The third-order valence-electron chi connectivity index (χ3n) is 2.74. The molecule has 0 radical (unpaired) electrons. The normalized spacial score (nSPS) is 11.1.